The molecule has 1 N–H and O–H groups in total. The number of urea groups is 1. The zero-order chi connectivity index (χ0) is 17.4. The van der Waals surface area contributed by atoms with Crippen molar-refractivity contribution in [2.45, 2.75) is 0 Å². The molecule has 0 spiro atoms. The molecule has 126 valence electrons. The second-order valence-electron chi connectivity index (χ2n) is 5.41. The fraction of sp³-hybridized carbons (Fsp3) is 0.111. The topological polar surface area (TPSA) is 77.1 Å². The van der Waals surface area contributed by atoms with Crippen LogP contribution in [0.5, 0.6) is 17.2 Å². The number of para-hydroxylation sites is 1. The minimum Gasteiger partial charge on any atom is -0.496 e. The summed E-state index contributed by atoms with van der Waals surface area (Å²) in [6, 6.07) is 11.6. The molecule has 0 atom stereocenters. The fourth-order valence-electron chi connectivity index (χ4n) is 2.73. The van der Waals surface area contributed by atoms with Crippen LogP contribution in [0.1, 0.15) is 5.56 Å². The van der Waals surface area contributed by atoms with Crippen LogP contribution in [0.2, 0.25) is 0 Å². The Morgan fingerprint density at radius 2 is 1.84 bits per heavy atom. The van der Waals surface area contributed by atoms with Gasteiger partial charge in [0.2, 0.25) is 6.79 Å². The van der Waals surface area contributed by atoms with Crippen LogP contribution >= 0.6 is 0 Å². The maximum Gasteiger partial charge on any atom is 0.333 e. The molecule has 0 unspecified atom stereocenters. The lowest BCUT2D eigenvalue weighted by atomic mass is 10.1. The normalized spacial score (nSPS) is 17.2. The lowest BCUT2D eigenvalue weighted by Crippen LogP contribution is -2.30. The molecular weight excluding hydrogens is 324 g/mol. The summed E-state index contributed by atoms with van der Waals surface area (Å²) < 4.78 is 16.0. The number of fused-ring (bicyclic) bond motifs is 1. The van der Waals surface area contributed by atoms with E-state index in [2.05, 4.69) is 5.32 Å². The van der Waals surface area contributed by atoms with Gasteiger partial charge in [0.1, 0.15) is 11.4 Å². The largest absolute Gasteiger partial charge is 0.496 e. The summed E-state index contributed by atoms with van der Waals surface area (Å²) in [5.41, 5.74) is 1.27. The van der Waals surface area contributed by atoms with Crippen LogP contribution in [0.25, 0.3) is 6.08 Å². The maximum atomic E-state index is 12.6. The van der Waals surface area contributed by atoms with E-state index in [1.807, 2.05) is 6.07 Å². The molecule has 2 aromatic carbocycles. The Bertz CT molecular complexity index is 892. The number of benzene rings is 2. The molecule has 0 radical (unpaired) electrons. The standard InChI is InChI=1S/C18H14N2O5/c1-23-14-9-16-15(24-10-25-16)8-11(14)7-13-17(21)20(18(22)19-13)12-5-3-2-4-6-12/h2-9H,10H2,1H3,(H,19,22)/b13-7+. The highest BCUT2D eigenvalue weighted by Crippen LogP contribution is 2.39. The molecule has 0 bridgehead atoms. The number of nitrogens with zero attached hydrogens (tertiary/aromatic N) is 1. The van der Waals surface area contributed by atoms with E-state index in [0.29, 0.717) is 28.5 Å². The van der Waals surface area contributed by atoms with Gasteiger partial charge >= 0.3 is 6.03 Å². The minimum absolute atomic E-state index is 0.135. The van der Waals surface area contributed by atoms with Crippen molar-refractivity contribution in [2.75, 3.05) is 18.8 Å². The van der Waals surface area contributed by atoms with E-state index < -0.39 is 11.9 Å². The van der Waals surface area contributed by atoms with Gasteiger partial charge in [-0.25, -0.2) is 9.69 Å². The van der Waals surface area contributed by atoms with Gasteiger partial charge in [0.25, 0.3) is 5.91 Å². The van der Waals surface area contributed by atoms with E-state index in [1.54, 1.807) is 42.5 Å². The monoisotopic (exact) mass is 338 g/mol. The van der Waals surface area contributed by atoms with E-state index in [1.165, 1.54) is 7.11 Å². The molecule has 0 aliphatic carbocycles. The van der Waals surface area contributed by atoms with Gasteiger partial charge in [-0.15, -0.1) is 0 Å². The first-order valence-corrected chi connectivity index (χ1v) is 7.57. The van der Waals surface area contributed by atoms with E-state index in [-0.39, 0.29) is 12.5 Å². The second-order valence-corrected chi connectivity index (χ2v) is 5.41. The average Bonchev–Trinajstić information content (AvgIpc) is 3.19. The predicted molar refractivity (Wildman–Crippen MR) is 89.6 cm³/mol. The molecule has 2 aliphatic heterocycles. The number of hydrogen-bond donors (Lipinski definition) is 1. The van der Waals surface area contributed by atoms with Gasteiger partial charge in [0, 0.05) is 11.6 Å². The van der Waals surface area contributed by atoms with Crippen molar-refractivity contribution in [2.24, 2.45) is 0 Å². The zero-order valence-electron chi connectivity index (χ0n) is 13.3. The van der Waals surface area contributed by atoms with Crippen LogP contribution < -0.4 is 24.4 Å². The number of rotatable bonds is 3. The summed E-state index contributed by atoms with van der Waals surface area (Å²) in [6.45, 7) is 0.135. The second kappa shape index (κ2) is 5.86. The number of carbonyl (C=O) groups excluding carboxylic acids is 2. The number of nitrogens with one attached hydrogen (secondary N) is 1. The Kier molecular flexibility index (Phi) is 3.53. The molecule has 7 nitrogen and oxygen atoms in total. The Morgan fingerprint density at radius 1 is 1.12 bits per heavy atom. The lowest BCUT2D eigenvalue weighted by Gasteiger charge is -2.11. The molecule has 1 saturated heterocycles. The Balaban J connectivity index is 1.71. The number of amides is 3. The first kappa shape index (κ1) is 15.1. The summed E-state index contributed by atoms with van der Waals surface area (Å²) in [6.07, 6.45) is 1.56. The van der Waals surface area contributed by atoms with Crippen molar-refractivity contribution >= 4 is 23.7 Å². The third kappa shape index (κ3) is 2.55. The molecule has 4 rings (SSSR count). The highest BCUT2D eigenvalue weighted by atomic mass is 16.7. The van der Waals surface area contributed by atoms with Crippen molar-refractivity contribution in [1.82, 2.24) is 5.32 Å². The first-order chi connectivity index (χ1) is 12.2. The summed E-state index contributed by atoms with van der Waals surface area (Å²) in [5.74, 6) is 1.21. The number of hydrogen-bond acceptors (Lipinski definition) is 5. The quantitative estimate of drug-likeness (QED) is 0.687. The number of anilines is 1. The summed E-state index contributed by atoms with van der Waals surface area (Å²) in [5, 5.41) is 2.59. The highest BCUT2D eigenvalue weighted by Gasteiger charge is 2.35. The van der Waals surface area contributed by atoms with Gasteiger partial charge in [-0.2, -0.15) is 0 Å². The number of methoxy groups -OCH3 is 1. The minimum atomic E-state index is -0.498. The smallest absolute Gasteiger partial charge is 0.333 e. The van der Waals surface area contributed by atoms with Gasteiger partial charge < -0.3 is 19.5 Å². The molecule has 25 heavy (non-hydrogen) atoms. The molecule has 2 aromatic rings. The Morgan fingerprint density at radius 3 is 2.56 bits per heavy atom. The van der Waals surface area contributed by atoms with Gasteiger partial charge in [-0.1, -0.05) is 18.2 Å². The van der Waals surface area contributed by atoms with E-state index in [0.717, 1.165) is 4.90 Å². The van der Waals surface area contributed by atoms with Crippen molar-refractivity contribution in [3.05, 3.63) is 53.7 Å². The molecule has 2 heterocycles. The molecule has 1 fully saturated rings. The molecule has 0 aromatic heterocycles. The van der Waals surface area contributed by atoms with Crippen LogP contribution in [0.3, 0.4) is 0 Å². The summed E-state index contributed by atoms with van der Waals surface area (Å²) in [4.78, 5) is 25.9. The molecule has 2 aliphatic rings. The van der Waals surface area contributed by atoms with E-state index >= 15 is 0 Å². The third-order valence-corrected chi connectivity index (χ3v) is 3.92. The van der Waals surface area contributed by atoms with Crippen molar-refractivity contribution < 1.29 is 23.8 Å². The zero-order valence-corrected chi connectivity index (χ0v) is 13.3. The van der Waals surface area contributed by atoms with Gasteiger partial charge in [-0.3, -0.25) is 4.79 Å². The molecular formula is C18H14N2O5. The fourth-order valence-corrected chi connectivity index (χ4v) is 2.73. The Labute approximate surface area is 143 Å². The number of carbonyl (C=O) groups is 2. The van der Waals surface area contributed by atoms with Gasteiger partial charge in [0.05, 0.1) is 12.8 Å². The van der Waals surface area contributed by atoms with Crippen LogP contribution in [0.15, 0.2) is 48.2 Å². The van der Waals surface area contributed by atoms with Gasteiger partial charge in [0.15, 0.2) is 11.5 Å². The molecule has 0 saturated carbocycles. The van der Waals surface area contributed by atoms with Crippen molar-refractivity contribution in [3.8, 4) is 17.2 Å². The number of imide groups is 1. The summed E-state index contributed by atoms with van der Waals surface area (Å²) >= 11 is 0. The average molecular weight is 338 g/mol. The van der Waals surface area contributed by atoms with E-state index in [9.17, 15) is 9.59 Å². The maximum absolute atomic E-state index is 12.6. The highest BCUT2D eigenvalue weighted by molar-refractivity contribution is 6.28. The van der Waals surface area contributed by atoms with Crippen LogP contribution in [-0.2, 0) is 4.79 Å². The lowest BCUT2D eigenvalue weighted by molar-refractivity contribution is -0.113. The van der Waals surface area contributed by atoms with Crippen molar-refractivity contribution in [3.63, 3.8) is 0 Å². The molecule has 3 amide bonds. The first-order valence-electron chi connectivity index (χ1n) is 7.57. The van der Waals surface area contributed by atoms with Crippen LogP contribution in [0.4, 0.5) is 10.5 Å². The predicted octanol–water partition coefficient (Wildman–Crippen LogP) is 2.52. The van der Waals surface area contributed by atoms with Crippen LogP contribution in [-0.4, -0.2) is 25.8 Å². The summed E-state index contributed by atoms with van der Waals surface area (Å²) in [7, 11) is 1.52. The van der Waals surface area contributed by atoms with E-state index in [4.69, 9.17) is 14.2 Å². The third-order valence-electron chi connectivity index (χ3n) is 3.92. The molecule has 7 heteroatoms. The van der Waals surface area contributed by atoms with Crippen molar-refractivity contribution in [1.29, 1.82) is 0 Å². The number of ether oxygens (including phenoxy) is 3. The van der Waals surface area contributed by atoms with Crippen LogP contribution in [0, 0.1) is 0 Å². The Hall–Kier alpha value is -3.48. The SMILES string of the molecule is COc1cc2c(cc1/C=C1/NC(=O)N(c3ccccc3)C1=O)OCO2. The van der Waals surface area contributed by atoms with Gasteiger partial charge in [-0.05, 0) is 24.3 Å².